The average Bonchev–Trinajstić information content (AvgIpc) is 3.40. The number of hydrazine groups is 1. The van der Waals surface area contributed by atoms with E-state index in [0.717, 1.165) is 18.4 Å². The maximum atomic E-state index is 13.0. The summed E-state index contributed by atoms with van der Waals surface area (Å²) in [5.41, 5.74) is 3.91. The van der Waals surface area contributed by atoms with Crippen LogP contribution < -0.4 is 15.5 Å². The quantitative estimate of drug-likeness (QED) is 0.436. The number of aromatic nitrogens is 1. The number of unbranched alkanes of at least 4 members (excludes halogenated alkanes) is 1. The van der Waals surface area contributed by atoms with Crippen molar-refractivity contribution in [3.8, 4) is 5.75 Å². The summed E-state index contributed by atoms with van der Waals surface area (Å²) < 4.78 is 11.0. The number of benzene rings is 1. The van der Waals surface area contributed by atoms with E-state index in [1.165, 1.54) is 11.1 Å². The van der Waals surface area contributed by atoms with E-state index < -0.39 is 11.8 Å². The van der Waals surface area contributed by atoms with E-state index in [1.54, 1.807) is 21.9 Å². The van der Waals surface area contributed by atoms with Gasteiger partial charge in [-0.05, 0) is 31.0 Å². The summed E-state index contributed by atoms with van der Waals surface area (Å²) in [5, 5.41) is 4.42. The smallest absolute Gasteiger partial charge is 0.409 e. The second-order valence-corrected chi connectivity index (χ2v) is 9.66. The van der Waals surface area contributed by atoms with Crippen LogP contribution in [0.4, 0.5) is 4.79 Å². The summed E-state index contributed by atoms with van der Waals surface area (Å²) in [4.78, 5) is 69.3. The number of carbonyl (C=O) groups excluding carboxylic acids is 5. The molecule has 1 aromatic heterocycles. The monoisotopic (exact) mass is 554 g/mol. The molecule has 2 fully saturated rings. The van der Waals surface area contributed by atoms with Gasteiger partial charge in [0.25, 0.3) is 11.8 Å². The Labute approximate surface area is 231 Å². The number of amides is 5. The van der Waals surface area contributed by atoms with E-state index in [0.29, 0.717) is 43.7 Å². The summed E-state index contributed by atoms with van der Waals surface area (Å²) in [6.45, 7) is 5.36. The molecular formula is C27H34N6O7. The van der Waals surface area contributed by atoms with E-state index in [2.05, 4.69) is 15.7 Å². The van der Waals surface area contributed by atoms with Crippen LogP contribution in [0.3, 0.4) is 0 Å². The first-order chi connectivity index (χ1) is 19.2. The van der Waals surface area contributed by atoms with Crippen LogP contribution in [0.2, 0.25) is 0 Å². The van der Waals surface area contributed by atoms with Crippen LogP contribution >= 0.6 is 0 Å². The molecule has 2 saturated heterocycles. The molecule has 2 aromatic rings. The normalized spacial score (nSPS) is 15.2. The van der Waals surface area contributed by atoms with Crippen molar-refractivity contribution in [3.63, 3.8) is 0 Å². The van der Waals surface area contributed by atoms with Gasteiger partial charge in [0.2, 0.25) is 11.8 Å². The molecule has 0 unspecified atom stereocenters. The molecule has 0 aliphatic carbocycles. The van der Waals surface area contributed by atoms with Crippen LogP contribution in [0.1, 0.15) is 42.2 Å². The third-order valence-corrected chi connectivity index (χ3v) is 6.65. The lowest BCUT2D eigenvalue weighted by Crippen LogP contribution is -2.52. The topological polar surface area (TPSA) is 150 Å². The van der Waals surface area contributed by atoms with Crippen LogP contribution in [0.15, 0.2) is 24.3 Å². The minimum atomic E-state index is -0.571. The van der Waals surface area contributed by atoms with E-state index in [1.807, 2.05) is 19.9 Å². The highest BCUT2D eigenvalue weighted by atomic mass is 16.6. The second kappa shape index (κ2) is 13.1. The summed E-state index contributed by atoms with van der Waals surface area (Å²) in [6, 6.07) is 6.87. The number of aryl methyl sites for hydroxylation is 1. The fraction of sp³-hybridized carbons (Fsp3) is 0.481. The maximum absolute atomic E-state index is 13.0. The van der Waals surface area contributed by atoms with Crippen molar-refractivity contribution in [2.75, 3.05) is 52.5 Å². The summed E-state index contributed by atoms with van der Waals surface area (Å²) in [6.07, 6.45) is 1.59. The van der Waals surface area contributed by atoms with Crippen LogP contribution in [0.5, 0.6) is 5.75 Å². The van der Waals surface area contributed by atoms with Crippen LogP contribution in [-0.2, 0) is 19.1 Å². The van der Waals surface area contributed by atoms with E-state index in [-0.39, 0.29) is 55.5 Å². The molecule has 0 atom stereocenters. The van der Waals surface area contributed by atoms with Crippen molar-refractivity contribution in [1.29, 1.82) is 0 Å². The number of carbonyl (C=O) groups is 5. The first-order valence-corrected chi connectivity index (χ1v) is 13.4. The first kappa shape index (κ1) is 28.6. The number of hydrogen-bond donors (Lipinski definition) is 2. The number of ether oxygens (including phenoxy) is 2. The van der Waals surface area contributed by atoms with Crippen LogP contribution in [0.25, 0.3) is 10.9 Å². The lowest BCUT2D eigenvalue weighted by atomic mass is 10.1. The second-order valence-electron chi connectivity index (χ2n) is 9.66. The Morgan fingerprint density at radius 3 is 2.48 bits per heavy atom. The number of nitrogens with one attached hydrogen (secondary N) is 2. The zero-order chi connectivity index (χ0) is 28.6. The highest BCUT2D eigenvalue weighted by Gasteiger charge is 2.26. The molecule has 13 nitrogen and oxygen atoms in total. The number of hydrogen-bond acceptors (Lipinski definition) is 8. The number of rotatable bonds is 9. The van der Waals surface area contributed by atoms with Gasteiger partial charge in [-0.15, -0.1) is 0 Å². The van der Waals surface area contributed by atoms with Gasteiger partial charge in [0.05, 0.1) is 25.2 Å². The number of fused-ring (bicyclic) bond motifs is 1. The molecule has 0 bridgehead atoms. The molecule has 0 radical (unpaired) electrons. The van der Waals surface area contributed by atoms with Crippen molar-refractivity contribution in [2.24, 2.45) is 0 Å². The molecule has 2 aliphatic heterocycles. The van der Waals surface area contributed by atoms with Gasteiger partial charge in [0, 0.05) is 44.1 Å². The van der Waals surface area contributed by atoms with Gasteiger partial charge in [-0.2, -0.15) is 0 Å². The Bertz CT molecular complexity index is 1290. The van der Waals surface area contributed by atoms with Crippen LogP contribution in [0, 0.1) is 6.92 Å². The molecule has 2 N–H and O–H groups in total. The lowest BCUT2D eigenvalue weighted by molar-refractivity contribution is -0.138. The standard InChI is InChI=1S/C27H34N6O7/c1-3-4-13-39-27(38)32-11-9-31(10-12-32)24(35)16-28-26(37)21-15-22(19-6-5-18(2)14-20(19)29-21)40-17-25(36)33-8-7-23(34)30-33/h5-6,14-15H,3-4,7-13,16-17H2,1-2H3,(H,28,37)(H,30,34). The van der Waals surface area contributed by atoms with E-state index in [9.17, 15) is 24.0 Å². The number of pyridine rings is 1. The van der Waals surface area contributed by atoms with Gasteiger partial charge in [-0.1, -0.05) is 19.4 Å². The third-order valence-electron chi connectivity index (χ3n) is 6.65. The highest BCUT2D eigenvalue weighted by Crippen LogP contribution is 2.26. The molecule has 3 heterocycles. The molecule has 214 valence electrons. The molecule has 13 heteroatoms. The Kier molecular flexibility index (Phi) is 9.35. The van der Waals surface area contributed by atoms with Gasteiger partial charge in [0.15, 0.2) is 6.61 Å². The molecular weight excluding hydrogens is 520 g/mol. The average molecular weight is 555 g/mol. The fourth-order valence-corrected chi connectivity index (χ4v) is 4.31. The van der Waals surface area contributed by atoms with Gasteiger partial charge in [-0.25, -0.2) is 9.78 Å². The summed E-state index contributed by atoms with van der Waals surface area (Å²) in [5.74, 6) is -1.23. The van der Waals surface area contributed by atoms with Crippen molar-refractivity contribution in [2.45, 2.75) is 33.1 Å². The first-order valence-electron chi connectivity index (χ1n) is 13.4. The molecule has 4 rings (SSSR count). The molecule has 5 amide bonds. The van der Waals surface area contributed by atoms with Crippen LogP contribution in [-0.4, -0.2) is 102 Å². The third kappa shape index (κ3) is 7.16. The molecule has 2 aliphatic rings. The summed E-state index contributed by atoms with van der Waals surface area (Å²) in [7, 11) is 0. The number of nitrogens with zero attached hydrogens (tertiary/aromatic N) is 4. The number of piperazine rings is 1. The largest absolute Gasteiger partial charge is 0.483 e. The summed E-state index contributed by atoms with van der Waals surface area (Å²) >= 11 is 0. The van der Waals surface area contributed by atoms with Crippen molar-refractivity contribution < 1.29 is 33.4 Å². The molecule has 1 aromatic carbocycles. The SMILES string of the molecule is CCCCOC(=O)N1CCN(C(=O)CNC(=O)c2cc(OCC(=O)N3CCC(=O)N3)c3ccc(C)cc3n2)CC1. The highest BCUT2D eigenvalue weighted by molar-refractivity contribution is 5.98. The predicted molar refractivity (Wildman–Crippen MR) is 143 cm³/mol. The maximum Gasteiger partial charge on any atom is 0.409 e. The van der Waals surface area contributed by atoms with E-state index in [4.69, 9.17) is 9.47 Å². The van der Waals surface area contributed by atoms with Crippen molar-refractivity contribution >= 4 is 40.6 Å². The van der Waals surface area contributed by atoms with Gasteiger partial charge >= 0.3 is 6.09 Å². The Morgan fingerprint density at radius 2 is 1.77 bits per heavy atom. The Hall–Kier alpha value is -4.42. The minimum absolute atomic E-state index is 0.0301. The minimum Gasteiger partial charge on any atom is -0.483 e. The fourth-order valence-electron chi connectivity index (χ4n) is 4.31. The lowest BCUT2D eigenvalue weighted by Gasteiger charge is -2.34. The Balaban J connectivity index is 1.35. The van der Waals surface area contributed by atoms with Gasteiger partial charge in [-0.3, -0.25) is 29.6 Å². The van der Waals surface area contributed by atoms with Gasteiger partial charge < -0.3 is 24.6 Å². The zero-order valence-corrected chi connectivity index (χ0v) is 22.7. The Morgan fingerprint density at radius 1 is 1.02 bits per heavy atom. The zero-order valence-electron chi connectivity index (χ0n) is 22.7. The molecule has 0 spiro atoms. The van der Waals surface area contributed by atoms with Crippen molar-refractivity contribution in [3.05, 3.63) is 35.5 Å². The van der Waals surface area contributed by atoms with Gasteiger partial charge in [0.1, 0.15) is 11.4 Å². The molecule has 0 saturated carbocycles. The molecule has 40 heavy (non-hydrogen) atoms. The van der Waals surface area contributed by atoms with E-state index >= 15 is 0 Å². The predicted octanol–water partition coefficient (Wildman–Crippen LogP) is 0.996. The van der Waals surface area contributed by atoms with Crippen molar-refractivity contribution in [1.82, 2.24) is 30.5 Å².